The minimum Gasteiger partial charge on any atom is -0.370 e. The Balaban J connectivity index is 1.97. The van der Waals surface area contributed by atoms with Crippen LogP contribution in [0.3, 0.4) is 0 Å². The van der Waals surface area contributed by atoms with Gasteiger partial charge < -0.3 is 5.32 Å². The molecule has 0 aliphatic rings. The van der Waals surface area contributed by atoms with E-state index in [4.69, 9.17) is 0 Å². The molecule has 0 amide bonds. The standard InChI is InChI=1S/C12H13N3O2S/c1-9-7-14-12(6-11(9)15(16)17)13-4-2-10-3-5-18-8-10/h3,5-8H,2,4H2,1H3,(H,13,14). The Morgan fingerprint density at radius 2 is 2.39 bits per heavy atom. The summed E-state index contributed by atoms with van der Waals surface area (Å²) in [5.41, 5.74) is 1.93. The normalized spacial score (nSPS) is 10.3. The van der Waals surface area contributed by atoms with E-state index in [2.05, 4.69) is 21.7 Å². The zero-order chi connectivity index (χ0) is 13.0. The van der Waals surface area contributed by atoms with Crippen molar-refractivity contribution in [3.05, 3.63) is 50.3 Å². The fraction of sp³-hybridized carbons (Fsp3) is 0.250. The summed E-state index contributed by atoms with van der Waals surface area (Å²) in [6.07, 6.45) is 2.40. The van der Waals surface area contributed by atoms with Crippen LogP contribution < -0.4 is 5.32 Å². The first kappa shape index (κ1) is 12.5. The lowest BCUT2D eigenvalue weighted by Gasteiger charge is -2.05. The molecule has 18 heavy (non-hydrogen) atoms. The number of nitrogens with one attached hydrogen (secondary N) is 1. The highest BCUT2D eigenvalue weighted by atomic mass is 32.1. The van der Waals surface area contributed by atoms with Gasteiger partial charge in [-0.05, 0) is 35.7 Å². The molecule has 2 aromatic heterocycles. The van der Waals surface area contributed by atoms with Crippen molar-refractivity contribution in [2.45, 2.75) is 13.3 Å². The molecule has 2 heterocycles. The minimum absolute atomic E-state index is 0.100. The molecular formula is C12H13N3O2S. The molecule has 94 valence electrons. The van der Waals surface area contributed by atoms with Crippen LogP contribution in [-0.2, 0) is 6.42 Å². The second-order valence-electron chi connectivity index (χ2n) is 3.92. The average Bonchev–Trinajstić information content (AvgIpc) is 2.84. The van der Waals surface area contributed by atoms with Gasteiger partial charge in [0, 0.05) is 18.3 Å². The van der Waals surface area contributed by atoms with Gasteiger partial charge in [0.2, 0.25) is 0 Å². The van der Waals surface area contributed by atoms with Crippen molar-refractivity contribution in [2.24, 2.45) is 0 Å². The van der Waals surface area contributed by atoms with Crippen LogP contribution in [0.15, 0.2) is 29.1 Å². The monoisotopic (exact) mass is 263 g/mol. The number of hydrogen-bond acceptors (Lipinski definition) is 5. The fourth-order valence-corrected chi connectivity index (χ4v) is 2.28. The third kappa shape index (κ3) is 3.04. The molecule has 1 N–H and O–H groups in total. The van der Waals surface area contributed by atoms with E-state index in [0.717, 1.165) is 6.42 Å². The SMILES string of the molecule is Cc1cnc(NCCc2ccsc2)cc1[N+](=O)[O-]. The first-order valence-electron chi connectivity index (χ1n) is 5.53. The maximum Gasteiger partial charge on any atom is 0.277 e. The van der Waals surface area contributed by atoms with Crippen LogP contribution in [0, 0.1) is 17.0 Å². The Hall–Kier alpha value is -1.95. The summed E-state index contributed by atoms with van der Waals surface area (Å²) in [6, 6.07) is 3.54. The van der Waals surface area contributed by atoms with Gasteiger partial charge in [0.1, 0.15) is 5.82 Å². The molecule has 2 rings (SSSR count). The van der Waals surface area contributed by atoms with Gasteiger partial charge in [-0.2, -0.15) is 11.3 Å². The highest BCUT2D eigenvalue weighted by Crippen LogP contribution is 2.19. The predicted molar refractivity (Wildman–Crippen MR) is 72.1 cm³/mol. The quantitative estimate of drug-likeness (QED) is 0.665. The molecule has 0 unspecified atom stereocenters. The Kier molecular flexibility index (Phi) is 3.88. The van der Waals surface area contributed by atoms with Gasteiger partial charge in [-0.1, -0.05) is 0 Å². The summed E-state index contributed by atoms with van der Waals surface area (Å²) in [4.78, 5) is 14.5. The Labute approximate surface area is 109 Å². The number of nitro groups is 1. The number of anilines is 1. The van der Waals surface area contributed by atoms with E-state index in [1.165, 1.54) is 17.8 Å². The molecule has 6 heteroatoms. The highest BCUT2D eigenvalue weighted by molar-refractivity contribution is 7.07. The summed E-state index contributed by atoms with van der Waals surface area (Å²) < 4.78 is 0. The van der Waals surface area contributed by atoms with Crippen molar-refractivity contribution in [3.8, 4) is 0 Å². The number of aryl methyl sites for hydroxylation is 1. The Morgan fingerprint density at radius 1 is 1.56 bits per heavy atom. The van der Waals surface area contributed by atoms with Crippen LogP contribution >= 0.6 is 11.3 Å². The van der Waals surface area contributed by atoms with Gasteiger partial charge in [0.15, 0.2) is 0 Å². The zero-order valence-corrected chi connectivity index (χ0v) is 10.7. The summed E-state index contributed by atoms with van der Waals surface area (Å²) in [5.74, 6) is 0.544. The average molecular weight is 263 g/mol. The van der Waals surface area contributed by atoms with Crippen molar-refractivity contribution in [3.63, 3.8) is 0 Å². The fourth-order valence-electron chi connectivity index (χ4n) is 1.58. The van der Waals surface area contributed by atoms with E-state index >= 15 is 0 Å². The van der Waals surface area contributed by atoms with Crippen LogP contribution in [0.2, 0.25) is 0 Å². The minimum atomic E-state index is -0.388. The van der Waals surface area contributed by atoms with Crippen LogP contribution in [0.25, 0.3) is 0 Å². The topological polar surface area (TPSA) is 68.1 Å². The first-order chi connectivity index (χ1) is 8.66. The lowest BCUT2D eigenvalue weighted by Crippen LogP contribution is -2.06. The number of aromatic nitrogens is 1. The molecule has 0 spiro atoms. The largest absolute Gasteiger partial charge is 0.370 e. The van der Waals surface area contributed by atoms with Crippen LogP contribution in [0.4, 0.5) is 11.5 Å². The molecule has 0 atom stereocenters. The van der Waals surface area contributed by atoms with E-state index in [-0.39, 0.29) is 10.6 Å². The van der Waals surface area contributed by atoms with Crippen molar-refractivity contribution in [1.82, 2.24) is 4.98 Å². The Bertz CT molecular complexity index is 540. The molecule has 5 nitrogen and oxygen atoms in total. The van der Waals surface area contributed by atoms with Gasteiger partial charge >= 0.3 is 0 Å². The molecule has 0 bridgehead atoms. The number of rotatable bonds is 5. The molecule has 2 aromatic rings. The van der Waals surface area contributed by atoms with Crippen LogP contribution in [0.1, 0.15) is 11.1 Å². The molecule has 0 radical (unpaired) electrons. The Morgan fingerprint density at radius 3 is 3.06 bits per heavy atom. The van der Waals surface area contributed by atoms with Gasteiger partial charge in [-0.25, -0.2) is 4.98 Å². The molecule has 0 aliphatic heterocycles. The van der Waals surface area contributed by atoms with Crippen molar-refractivity contribution >= 4 is 22.8 Å². The predicted octanol–water partition coefficient (Wildman–Crippen LogP) is 3.01. The molecule has 0 aliphatic carbocycles. The first-order valence-corrected chi connectivity index (χ1v) is 6.47. The van der Waals surface area contributed by atoms with E-state index in [1.54, 1.807) is 18.3 Å². The van der Waals surface area contributed by atoms with E-state index in [9.17, 15) is 10.1 Å². The summed E-state index contributed by atoms with van der Waals surface area (Å²) >= 11 is 1.66. The van der Waals surface area contributed by atoms with Crippen molar-refractivity contribution in [1.29, 1.82) is 0 Å². The lowest BCUT2D eigenvalue weighted by molar-refractivity contribution is -0.385. The maximum absolute atomic E-state index is 10.8. The zero-order valence-electron chi connectivity index (χ0n) is 9.92. The van der Waals surface area contributed by atoms with Crippen molar-refractivity contribution in [2.75, 3.05) is 11.9 Å². The van der Waals surface area contributed by atoms with Gasteiger partial charge in [-0.15, -0.1) is 0 Å². The maximum atomic E-state index is 10.8. The molecular weight excluding hydrogens is 250 g/mol. The van der Waals surface area contributed by atoms with E-state index < -0.39 is 0 Å². The second-order valence-corrected chi connectivity index (χ2v) is 4.70. The molecule has 0 saturated carbocycles. The number of nitrogens with zero attached hydrogens (tertiary/aromatic N) is 2. The summed E-state index contributed by atoms with van der Waals surface area (Å²) in [7, 11) is 0. The van der Waals surface area contributed by atoms with Crippen LogP contribution in [0.5, 0.6) is 0 Å². The number of hydrogen-bond donors (Lipinski definition) is 1. The van der Waals surface area contributed by atoms with E-state index in [1.807, 2.05) is 5.38 Å². The highest BCUT2D eigenvalue weighted by Gasteiger charge is 2.11. The third-order valence-corrected chi connectivity index (χ3v) is 3.30. The van der Waals surface area contributed by atoms with Gasteiger partial charge in [0.25, 0.3) is 5.69 Å². The molecule has 0 saturated heterocycles. The van der Waals surface area contributed by atoms with Gasteiger partial charge in [0.05, 0.1) is 11.0 Å². The number of pyridine rings is 1. The number of thiophene rings is 1. The summed E-state index contributed by atoms with van der Waals surface area (Å²) in [6.45, 7) is 2.39. The molecule has 0 fully saturated rings. The smallest absolute Gasteiger partial charge is 0.277 e. The third-order valence-electron chi connectivity index (χ3n) is 2.57. The molecule has 0 aromatic carbocycles. The summed E-state index contributed by atoms with van der Waals surface area (Å²) in [5, 5.41) is 18.0. The van der Waals surface area contributed by atoms with E-state index in [0.29, 0.717) is 17.9 Å². The van der Waals surface area contributed by atoms with Crippen LogP contribution in [-0.4, -0.2) is 16.5 Å². The van der Waals surface area contributed by atoms with Crippen molar-refractivity contribution < 1.29 is 4.92 Å². The second kappa shape index (κ2) is 5.59. The van der Waals surface area contributed by atoms with Gasteiger partial charge in [-0.3, -0.25) is 10.1 Å². The lowest BCUT2D eigenvalue weighted by atomic mass is 10.2.